The summed E-state index contributed by atoms with van der Waals surface area (Å²) in [6.45, 7) is 0.204. The number of carboxylic acids is 1. The number of nitrogens with two attached hydrogens (primary N) is 1. The number of aromatic nitrogens is 2. The van der Waals surface area contributed by atoms with Crippen LogP contribution in [-0.4, -0.2) is 45.4 Å². The zero-order chi connectivity index (χ0) is 25.8. The molecule has 4 N–H and O–H groups in total. The summed E-state index contributed by atoms with van der Waals surface area (Å²) in [7, 11) is 1.76. The lowest BCUT2D eigenvalue weighted by Gasteiger charge is -2.26. The lowest BCUT2D eigenvalue weighted by atomic mass is 9.88. The number of rotatable bonds is 8. The van der Waals surface area contributed by atoms with Gasteiger partial charge in [0, 0.05) is 37.2 Å². The number of fused-ring (bicyclic) bond motifs is 1. The van der Waals surface area contributed by atoms with Gasteiger partial charge in [0.15, 0.2) is 0 Å². The highest BCUT2D eigenvalue weighted by molar-refractivity contribution is 6.05. The minimum absolute atomic E-state index is 0.0231. The molecule has 4 rings (SSSR count). The molecular formula is C26H29N5O5. The van der Waals surface area contributed by atoms with Gasteiger partial charge >= 0.3 is 5.97 Å². The number of carbonyl (C=O) groups is 4. The first-order chi connectivity index (χ1) is 17.2. The van der Waals surface area contributed by atoms with Crippen LogP contribution in [0.2, 0.25) is 0 Å². The van der Waals surface area contributed by atoms with Crippen LogP contribution in [0.1, 0.15) is 59.2 Å². The Kier molecular flexibility index (Phi) is 7.33. The molecule has 1 aliphatic rings. The Bertz CT molecular complexity index is 1310. The summed E-state index contributed by atoms with van der Waals surface area (Å²) in [5.41, 5.74) is 7.60. The van der Waals surface area contributed by atoms with E-state index in [-0.39, 0.29) is 41.9 Å². The molecule has 1 heterocycles. The molecule has 0 unspecified atom stereocenters. The number of carbonyl (C=O) groups excluding carboxylic acids is 3. The maximum absolute atomic E-state index is 13.0. The van der Waals surface area contributed by atoms with E-state index in [1.54, 1.807) is 28.6 Å². The second-order valence-corrected chi connectivity index (χ2v) is 9.05. The number of imidazole rings is 1. The maximum atomic E-state index is 13.0. The number of primary amides is 1. The third kappa shape index (κ3) is 5.37. The largest absolute Gasteiger partial charge is 0.478 e. The Hall–Kier alpha value is -4.21. The number of anilines is 2. The number of benzene rings is 2. The van der Waals surface area contributed by atoms with E-state index >= 15 is 0 Å². The number of carboxylic acid groups (broad SMARTS) is 1. The van der Waals surface area contributed by atoms with E-state index in [2.05, 4.69) is 10.3 Å². The minimum Gasteiger partial charge on any atom is -0.478 e. The molecule has 0 radical (unpaired) electrons. The molecule has 0 atom stereocenters. The Morgan fingerprint density at radius 3 is 2.36 bits per heavy atom. The predicted molar refractivity (Wildman–Crippen MR) is 135 cm³/mol. The number of hydrogen-bond acceptors (Lipinski definition) is 5. The van der Waals surface area contributed by atoms with Crippen molar-refractivity contribution < 1.29 is 24.3 Å². The molecule has 1 aliphatic carbocycles. The number of aryl methyl sites for hydroxylation is 1. The molecule has 10 nitrogen and oxygen atoms in total. The Balaban J connectivity index is 1.62. The quantitative estimate of drug-likeness (QED) is 0.440. The van der Waals surface area contributed by atoms with Crippen molar-refractivity contribution in [3.63, 3.8) is 0 Å². The number of hydrogen-bond donors (Lipinski definition) is 3. The van der Waals surface area contributed by atoms with Crippen LogP contribution < -0.4 is 16.0 Å². The van der Waals surface area contributed by atoms with Crippen molar-refractivity contribution in [1.29, 1.82) is 0 Å². The molecule has 0 bridgehead atoms. The van der Waals surface area contributed by atoms with Gasteiger partial charge in [-0.1, -0.05) is 19.3 Å². The van der Waals surface area contributed by atoms with Crippen LogP contribution in [0.4, 0.5) is 11.6 Å². The molecule has 1 aromatic heterocycles. The molecule has 2 aromatic carbocycles. The van der Waals surface area contributed by atoms with Gasteiger partial charge in [0.2, 0.25) is 17.8 Å². The number of aromatic carboxylic acids is 1. The van der Waals surface area contributed by atoms with Gasteiger partial charge in [-0.15, -0.1) is 0 Å². The summed E-state index contributed by atoms with van der Waals surface area (Å²) in [5.74, 6) is -1.73. The van der Waals surface area contributed by atoms with Crippen molar-refractivity contribution in [2.24, 2.45) is 11.7 Å². The highest BCUT2D eigenvalue weighted by Crippen LogP contribution is 2.29. The highest BCUT2D eigenvalue weighted by atomic mass is 16.4. The number of amides is 3. The highest BCUT2D eigenvalue weighted by Gasteiger charge is 2.25. The van der Waals surface area contributed by atoms with Crippen molar-refractivity contribution in [3.8, 4) is 0 Å². The van der Waals surface area contributed by atoms with Crippen LogP contribution >= 0.6 is 0 Å². The second-order valence-electron chi connectivity index (χ2n) is 9.05. The smallest absolute Gasteiger partial charge is 0.335 e. The molecule has 0 saturated heterocycles. The van der Waals surface area contributed by atoms with Gasteiger partial charge in [-0.05, 0) is 55.3 Å². The van der Waals surface area contributed by atoms with E-state index in [9.17, 15) is 19.2 Å². The molecule has 10 heteroatoms. The minimum atomic E-state index is -1.09. The molecular weight excluding hydrogens is 462 g/mol. The van der Waals surface area contributed by atoms with E-state index in [0.717, 1.165) is 25.7 Å². The van der Waals surface area contributed by atoms with E-state index in [1.165, 1.54) is 30.7 Å². The Morgan fingerprint density at radius 2 is 1.72 bits per heavy atom. The third-order valence-electron chi connectivity index (χ3n) is 6.61. The molecule has 1 saturated carbocycles. The summed E-state index contributed by atoms with van der Waals surface area (Å²) in [5, 5.41) is 11.8. The third-order valence-corrected chi connectivity index (χ3v) is 6.61. The van der Waals surface area contributed by atoms with Gasteiger partial charge in [0.05, 0.1) is 16.6 Å². The van der Waals surface area contributed by atoms with Gasteiger partial charge in [0.25, 0.3) is 5.91 Å². The fourth-order valence-corrected chi connectivity index (χ4v) is 4.56. The van der Waals surface area contributed by atoms with Gasteiger partial charge in [-0.25, -0.2) is 9.78 Å². The first-order valence-corrected chi connectivity index (χ1v) is 12.0. The lowest BCUT2D eigenvalue weighted by molar-refractivity contribution is -0.123. The summed E-state index contributed by atoms with van der Waals surface area (Å²) >= 11 is 0. The van der Waals surface area contributed by atoms with Crippen molar-refractivity contribution in [2.45, 2.75) is 45.1 Å². The topological polar surface area (TPSA) is 148 Å². The maximum Gasteiger partial charge on any atom is 0.335 e. The second kappa shape index (κ2) is 10.6. The molecule has 0 aliphatic heterocycles. The fraction of sp³-hybridized carbons (Fsp3) is 0.346. The number of nitrogens with one attached hydrogen (secondary N) is 1. The van der Waals surface area contributed by atoms with Gasteiger partial charge in [-0.2, -0.15) is 0 Å². The molecule has 36 heavy (non-hydrogen) atoms. The van der Waals surface area contributed by atoms with Crippen LogP contribution in [0.15, 0.2) is 42.5 Å². The molecule has 188 valence electrons. The Labute approximate surface area is 208 Å². The first-order valence-electron chi connectivity index (χ1n) is 12.0. The van der Waals surface area contributed by atoms with Gasteiger partial charge in [-0.3, -0.25) is 19.7 Å². The van der Waals surface area contributed by atoms with Gasteiger partial charge in [0.1, 0.15) is 0 Å². The molecule has 3 aromatic rings. The average molecular weight is 492 g/mol. The van der Waals surface area contributed by atoms with E-state index in [1.807, 2.05) is 6.07 Å². The van der Waals surface area contributed by atoms with Crippen LogP contribution in [-0.2, 0) is 16.1 Å². The summed E-state index contributed by atoms with van der Waals surface area (Å²) in [6, 6.07) is 10.9. The van der Waals surface area contributed by atoms with Crippen LogP contribution in [0, 0.1) is 5.92 Å². The lowest BCUT2D eigenvalue weighted by Crippen LogP contribution is -2.33. The normalized spacial score (nSPS) is 13.9. The van der Waals surface area contributed by atoms with E-state index in [0.29, 0.717) is 16.7 Å². The average Bonchev–Trinajstić information content (AvgIpc) is 3.22. The molecule has 3 amide bonds. The van der Waals surface area contributed by atoms with Crippen molar-refractivity contribution in [2.75, 3.05) is 17.3 Å². The SMILES string of the molecule is CN(C(=O)C1CCCCC1)c1ccc2c(c1)nc(NC(=O)c1ccc(C(=O)O)cc1)n2CCC(N)=O. The van der Waals surface area contributed by atoms with Crippen molar-refractivity contribution in [1.82, 2.24) is 9.55 Å². The van der Waals surface area contributed by atoms with Crippen LogP contribution in [0.5, 0.6) is 0 Å². The van der Waals surface area contributed by atoms with Crippen molar-refractivity contribution >= 4 is 46.4 Å². The standard InChI is InChI=1S/C26H29N5O5/c1-30(24(34)17-5-3-2-4-6-17)19-11-12-21-20(15-19)28-26(31(21)14-13-22(27)32)29-23(33)16-7-9-18(10-8-16)25(35)36/h7-12,15,17H,2-6,13-14H2,1H3,(H2,27,32)(H,35,36)(H,28,29,33). The fourth-order valence-electron chi connectivity index (χ4n) is 4.56. The van der Waals surface area contributed by atoms with Crippen LogP contribution in [0.3, 0.4) is 0 Å². The molecule has 0 spiro atoms. The van der Waals surface area contributed by atoms with Gasteiger partial charge < -0.3 is 20.3 Å². The monoisotopic (exact) mass is 491 g/mol. The van der Waals surface area contributed by atoms with E-state index < -0.39 is 17.8 Å². The first kappa shape index (κ1) is 24.9. The van der Waals surface area contributed by atoms with Crippen molar-refractivity contribution in [3.05, 3.63) is 53.6 Å². The van der Waals surface area contributed by atoms with E-state index in [4.69, 9.17) is 10.8 Å². The number of nitrogens with zero attached hydrogens (tertiary/aromatic N) is 3. The summed E-state index contributed by atoms with van der Waals surface area (Å²) in [4.78, 5) is 54.6. The summed E-state index contributed by atoms with van der Waals surface area (Å²) in [6.07, 6.45) is 5.14. The van der Waals surface area contributed by atoms with Crippen LogP contribution in [0.25, 0.3) is 11.0 Å². The predicted octanol–water partition coefficient (Wildman–Crippen LogP) is 3.41. The Morgan fingerprint density at radius 1 is 1.06 bits per heavy atom. The summed E-state index contributed by atoms with van der Waals surface area (Å²) < 4.78 is 1.69. The zero-order valence-electron chi connectivity index (χ0n) is 20.1. The molecule has 1 fully saturated rings. The zero-order valence-corrected chi connectivity index (χ0v) is 20.1.